The molecular weight excluding hydrogens is 228 g/mol. The second-order valence-corrected chi connectivity index (χ2v) is 4.90. The van der Waals surface area contributed by atoms with Crippen molar-refractivity contribution in [3.05, 3.63) is 28.3 Å². The monoisotopic (exact) mass is 240 g/mol. The Kier molecular flexibility index (Phi) is 2.58. The Labute approximate surface area is 98.7 Å². The highest BCUT2D eigenvalue weighted by molar-refractivity contribution is 6.31. The number of benzene rings is 1. The highest BCUT2D eigenvalue weighted by Crippen LogP contribution is 2.56. The minimum Gasteiger partial charge on any atom is -0.508 e. The highest BCUT2D eigenvalue weighted by atomic mass is 35.5. The Hall–Kier alpha value is -1.22. The van der Waals surface area contributed by atoms with Crippen molar-refractivity contribution in [3.63, 3.8) is 0 Å². The van der Waals surface area contributed by atoms with Crippen LogP contribution in [0.2, 0.25) is 5.02 Å². The van der Waals surface area contributed by atoms with Crippen molar-refractivity contribution in [3.8, 4) is 5.75 Å². The van der Waals surface area contributed by atoms with Gasteiger partial charge in [-0.2, -0.15) is 0 Å². The van der Waals surface area contributed by atoms with E-state index in [0.717, 1.165) is 18.4 Å². The van der Waals surface area contributed by atoms with Gasteiger partial charge in [-0.05, 0) is 37.5 Å². The summed E-state index contributed by atoms with van der Waals surface area (Å²) in [7, 11) is 0. The molecule has 86 valence electrons. The summed E-state index contributed by atoms with van der Waals surface area (Å²) in [5, 5.41) is 19.2. The number of carboxylic acids is 1. The van der Waals surface area contributed by atoms with Crippen LogP contribution in [0.25, 0.3) is 0 Å². The first-order valence-electron chi connectivity index (χ1n) is 5.16. The molecule has 0 bridgehead atoms. The molecule has 1 aliphatic carbocycles. The van der Waals surface area contributed by atoms with Crippen LogP contribution in [0.4, 0.5) is 0 Å². The molecule has 0 radical (unpaired) electrons. The average Bonchev–Trinajstić information content (AvgIpc) is 2.81. The fourth-order valence-electron chi connectivity index (χ4n) is 2.20. The molecule has 3 nitrogen and oxygen atoms in total. The molecule has 1 aliphatic rings. The minimum absolute atomic E-state index is 0.0311. The largest absolute Gasteiger partial charge is 0.508 e. The van der Waals surface area contributed by atoms with Crippen molar-refractivity contribution >= 4 is 17.6 Å². The smallest absolute Gasteiger partial charge is 0.304 e. The molecule has 2 rings (SSSR count). The number of hydrogen-bond donors (Lipinski definition) is 2. The molecule has 2 N–H and O–H groups in total. The zero-order valence-electron chi connectivity index (χ0n) is 8.96. The van der Waals surface area contributed by atoms with Crippen LogP contribution in [0.3, 0.4) is 0 Å². The van der Waals surface area contributed by atoms with E-state index in [9.17, 15) is 9.90 Å². The number of aliphatic carboxylic acids is 1. The fraction of sp³-hybridized carbons (Fsp3) is 0.417. The van der Waals surface area contributed by atoms with Crippen LogP contribution in [0.5, 0.6) is 5.75 Å². The highest BCUT2D eigenvalue weighted by Gasteiger charge is 2.48. The van der Waals surface area contributed by atoms with Gasteiger partial charge in [-0.3, -0.25) is 4.79 Å². The molecule has 0 amide bonds. The lowest BCUT2D eigenvalue weighted by atomic mass is 9.91. The van der Waals surface area contributed by atoms with Gasteiger partial charge in [0.1, 0.15) is 5.75 Å². The number of aromatic hydroxyl groups is 1. The predicted octanol–water partition coefficient (Wildman–Crippen LogP) is 2.86. The summed E-state index contributed by atoms with van der Waals surface area (Å²) in [6, 6.07) is 3.39. The Bertz CT molecular complexity index is 427. The molecule has 1 fully saturated rings. The summed E-state index contributed by atoms with van der Waals surface area (Å²) in [6.45, 7) is 1.84. The molecule has 1 aromatic rings. The van der Waals surface area contributed by atoms with Crippen LogP contribution in [0, 0.1) is 6.92 Å². The van der Waals surface area contributed by atoms with Crippen LogP contribution in [0.1, 0.15) is 30.4 Å². The number of phenolic OH excluding ortho intramolecular Hbond substituents is 1. The number of rotatable bonds is 3. The zero-order chi connectivity index (χ0) is 11.9. The van der Waals surface area contributed by atoms with Crippen molar-refractivity contribution in [2.24, 2.45) is 0 Å². The fourth-order valence-corrected chi connectivity index (χ4v) is 2.67. The van der Waals surface area contributed by atoms with Gasteiger partial charge in [0, 0.05) is 16.0 Å². The average molecular weight is 241 g/mol. The van der Waals surface area contributed by atoms with Gasteiger partial charge in [0.25, 0.3) is 0 Å². The maximum Gasteiger partial charge on any atom is 0.304 e. The first kappa shape index (κ1) is 11.3. The molecule has 0 aromatic heterocycles. The molecule has 0 atom stereocenters. The van der Waals surface area contributed by atoms with Gasteiger partial charge >= 0.3 is 5.97 Å². The van der Waals surface area contributed by atoms with Crippen LogP contribution in [-0.4, -0.2) is 16.2 Å². The van der Waals surface area contributed by atoms with E-state index in [4.69, 9.17) is 16.7 Å². The van der Waals surface area contributed by atoms with E-state index in [1.807, 2.05) is 6.92 Å². The predicted molar refractivity (Wildman–Crippen MR) is 61.0 cm³/mol. The van der Waals surface area contributed by atoms with Crippen molar-refractivity contribution in [1.29, 1.82) is 0 Å². The number of halogens is 1. The lowest BCUT2D eigenvalue weighted by Gasteiger charge is -2.17. The van der Waals surface area contributed by atoms with Gasteiger partial charge in [0.05, 0.1) is 6.42 Å². The SMILES string of the molecule is Cc1cc(O)c(C2(CC(=O)O)CC2)c(Cl)c1. The molecule has 0 spiro atoms. The van der Waals surface area contributed by atoms with E-state index in [-0.39, 0.29) is 12.2 Å². The van der Waals surface area contributed by atoms with Gasteiger partial charge in [0.2, 0.25) is 0 Å². The summed E-state index contributed by atoms with van der Waals surface area (Å²) in [5.41, 5.74) is 1.03. The molecule has 0 saturated heterocycles. The van der Waals surface area contributed by atoms with Crippen molar-refractivity contribution in [1.82, 2.24) is 0 Å². The topological polar surface area (TPSA) is 57.5 Å². The van der Waals surface area contributed by atoms with E-state index < -0.39 is 11.4 Å². The van der Waals surface area contributed by atoms with E-state index in [0.29, 0.717) is 10.6 Å². The summed E-state index contributed by atoms with van der Waals surface area (Å²) >= 11 is 6.09. The Morgan fingerprint density at radius 3 is 2.56 bits per heavy atom. The standard InChI is InChI=1S/C12H13ClO3/c1-7-4-8(13)11(9(14)5-7)12(2-3-12)6-10(15)16/h4-5,14H,2-3,6H2,1H3,(H,15,16). The minimum atomic E-state index is -0.853. The van der Waals surface area contributed by atoms with E-state index in [1.165, 1.54) is 0 Å². The van der Waals surface area contributed by atoms with Gasteiger partial charge in [-0.15, -0.1) is 0 Å². The van der Waals surface area contributed by atoms with Crippen LogP contribution in [0.15, 0.2) is 12.1 Å². The maximum atomic E-state index is 10.8. The number of carbonyl (C=O) groups is 1. The molecule has 16 heavy (non-hydrogen) atoms. The number of hydrogen-bond acceptors (Lipinski definition) is 2. The second-order valence-electron chi connectivity index (χ2n) is 4.49. The number of phenols is 1. The summed E-state index contributed by atoms with van der Waals surface area (Å²) < 4.78 is 0. The molecule has 0 aliphatic heterocycles. The van der Waals surface area contributed by atoms with Crippen molar-refractivity contribution < 1.29 is 15.0 Å². The lowest BCUT2D eigenvalue weighted by Crippen LogP contribution is -2.13. The Morgan fingerprint density at radius 1 is 1.50 bits per heavy atom. The van der Waals surface area contributed by atoms with E-state index >= 15 is 0 Å². The molecule has 0 heterocycles. The number of carboxylic acid groups (broad SMARTS) is 1. The summed E-state index contributed by atoms with van der Waals surface area (Å²) in [5.74, 6) is -0.739. The quantitative estimate of drug-likeness (QED) is 0.854. The van der Waals surface area contributed by atoms with Crippen LogP contribution in [-0.2, 0) is 10.2 Å². The van der Waals surface area contributed by atoms with Gasteiger partial charge < -0.3 is 10.2 Å². The zero-order valence-corrected chi connectivity index (χ0v) is 9.71. The Morgan fingerprint density at radius 2 is 2.12 bits per heavy atom. The van der Waals surface area contributed by atoms with E-state index in [2.05, 4.69) is 0 Å². The van der Waals surface area contributed by atoms with Crippen molar-refractivity contribution in [2.75, 3.05) is 0 Å². The van der Waals surface area contributed by atoms with Gasteiger partial charge in [0.15, 0.2) is 0 Å². The normalized spacial score (nSPS) is 17.1. The molecule has 0 unspecified atom stereocenters. The van der Waals surface area contributed by atoms with Gasteiger partial charge in [-0.1, -0.05) is 11.6 Å². The van der Waals surface area contributed by atoms with Gasteiger partial charge in [-0.25, -0.2) is 0 Å². The summed E-state index contributed by atoms with van der Waals surface area (Å²) in [4.78, 5) is 10.8. The van der Waals surface area contributed by atoms with Crippen molar-refractivity contribution in [2.45, 2.75) is 31.6 Å². The molecule has 4 heteroatoms. The lowest BCUT2D eigenvalue weighted by molar-refractivity contribution is -0.137. The molecule has 1 aromatic carbocycles. The first-order chi connectivity index (χ1) is 7.44. The molecular formula is C12H13ClO3. The third-order valence-electron chi connectivity index (χ3n) is 3.09. The Balaban J connectivity index is 2.44. The summed E-state index contributed by atoms with van der Waals surface area (Å²) in [6.07, 6.45) is 1.58. The third kappa shape index (κ3) is 1.87. The maximum absolute atomic E-state index is 10.8. The van der Waals surface area contributed by atoms with Crippen LogP contribution >= 0.6 is 11.6 Å². The second kappa shape index (κ2) is 3.67. The third-order valence-corrected chi connectivity index (χ3v) is 3.39. The van der Waals surface area contributed by atoms with E-state index in [1.54, 1.807) is 12.1 Å². The first-order valence-corrected chi connectivity index (χ1v) is 5.54. The van der Waals surface area contributed by atoms with Crippen LogP contribution < -0.4 is 0 Å². The number of aryl methyl sites for hydroxylation is 1. The molecule has 1 saturated carbocycles.